The normalized spacial score (nSPS) is 10.6. The van der Waals surface area contributed by atoms with Gasteiger partial charge in [0, 0.05) is 6.20 Å². The molecule has 0 aromatic carbocycles. The molecule has 2 N–H and O–H groups in total. The van der Waals surface area contributed by atoms with Crippen molar-refractivity contribution < 1.29 is 0 Å². The lowest BCUT2D eigenvalue weighted by Gasteiger charge is -2.01. The van der Waals surface area contributed by atoms with E-state index in [1.165, 1.54) is 0 Å². The van der Waals surface area contributed by atoms with Gasteiger partial charge in [-0.1, -0.05) is 0 Å². The summed E-state index contributed by atoms with van der Waals surface area (Å²) >= 11 is 3.45. The van der Waals surface area contributed by atoms with E-state index in [4.69, 9.17) is 5.73 Å². The molecule has 15 heavy (non-hydrogen) atoms. The molecule has 0 fully saturated rings. The van der Waals surface area contributed by atoms with E-state index in [2.05, 4.69) is 31.0 Å². The number of hydrogen-bond donors (Lipinski definition) is 1. The summed E-state index contributed by atoms with van der Waals surface area (Å²) < 4.78 is 2.63. The minimum absolute atomic E-state index is 0.434. The quantitative estimate of drug-likeness (QED) is 0.853. The lowest BCUT2D eigenvalue weighted by Crippen LogP contribution is -2.06. The highest BCUT2D eigenvalue weighted by Gasteiger charge is 2.11. The van der Waals surface area contributed by atoms with Crippen LogP contribution in [0.15, 0.2) is 16.7 Å². The molecule has 2 heterocycles. The van der Waals surface area contributed by atoms with Crippen molar-refractivity contribution >= 4 is 21.7 Å². The molecule has 0 amide bonds. The average molecular weight is 268 g/mol. The number of nitrogens with zero attached hydrogens (tertiary/aromatic N) is 4. The van der Waals surface area contributed by atoms with Crippen molar-refractivity contribution in [1.29, 1.82) is 0 Å². The van der Waals surface area contributed by atoms with Crippen molar-refractivity contribution in [3.05, 3.63) is 28.1 Å². The minimum Gasteiger partial charge on any atom is -0.384 e. The van der Waals surface area contributed by atoms with Crippen LogP contribution in [0.25, 0.3) is 5.95 Å². The summed E-state index contributed by atoms with van der Waals surface area (Å²) in [7, 11) is 0. The Bertz CT molecular complexity index is 505. The first-order valence-electron chi connectivity index (χ1n) is 4.40. The summed E-state index contributed by atoms with van der Waals surface area (Å²) in [5.41, 5.74) is 7.44. The van der Waals surface area contributed by atoms with Crippen molar-refractivity contribution in [2.45, 2.75) is 13.8 Å². The molecule has 2 aromatic heterocycles. The van der Waals surface area contributed by atoms with Crippen molar-refractivity contribution in [3.63, 3.8) is 0 Å². The fourth-order valence-electron chi connectivity index (χ4n) is 1.28. The number of rotatable bonds is 1. The highest BCUT2D eigenvalue weighted by atomic mass is 79.9. The summed E-state index contributed by atoms with van der Waals surface area (Å²) in [6, 6.07) is 1.64. The average Bonchev–Trinajstić information content (AvgIpc) is 2.46. The fourth-order valence-corrected chi connectivity index (χ4v) is 1.53. The number of aryl methyl sites for hydroxylation is 1. The molecule has 78 valence electrons. The molecule has 5 nitrogen and oxygen atoms in total. The molecule has 0 aliphatic carbocycles. The summed E-state index contributed by atoms with van der Waals surface area (Å²) in [6.45, 7) is 3.86. The molecule has 0 atom stereocenters. The topological polar surface area (TPSA) is 69.6 Å². The van der Waals surface area contributed by atoms with Gasteiger partial charge in [-0.15, -0.1) is 0 Å². The Labute approximate surface area is 95.5 Å². The van der Waals surface area contributed by atoms with E-state index in [1.807, 2.05) is 13.8 Å². The molecule has 0 bridgehead atoms. The Hall–Kier alpha value is -1.43. The monoisotopic (exact) mass is 267 g/mol. The Morgan fingerprint density at radius 3 is 2.67 bits per heavy atom. The third-order valence-electron chi connectivity index (χ3n) is 2.06. The van der Waals surface area contributed by atoms with E-state index < -0.39 is 0 Å². The SMILES string of the molecule is Cc1nn(-c2nccc(N)n2)c(C)c1Br. The molecule has 0 aliphatic heterocycles. The van der Waals surface area contributed by atoms with Gasteiger partial charge in [0.05, 0.1) is 15.9 Å². The molecule has 0 spiro atoms. The van der Waals surface area contributed by atoms with Gasteiger partial charge in [0.15, 0.2) is 0 Å². The van der Waals surface area contributed by atoms with Gasteiger partial charge in [-0.25, -0.2) is 9.67 Å². The van der Waals surface area contributed by atoms with Crippen LogP contribution in [0.5, 0.6) is 0 Å². The predicted molar refractivity (Wildman–Crippen MR) is 60.7 cm³/mol. The molecule has 0 saturated heterocycles. The van der Waals surface area contributed by atoms with Gasteiger partial charge in [0.1, 0.15) is 5.82 Å². The van der Waals surface area contributed by atoms with Crippen LogP contribution in [-0.2, 0) is 0 Å². The molecule has 6 heteroatoms. The van der Waals surface area contributed by atoms with Crippen LogP contribution in [0, 0.1) is 13.8 Å². The Kier molecular flexibility index (Phi) is 2.44. The standard InChI is InChI=1S/C9H10BrN5/c1-5-8(10)6(2)15(14-5)9-12-4-3-7(11)13-9/h3-4H,1-2H3,(H2,11,12,13). The van der Waals surface area contributed by atoms with E-state index in [1.54, 1.807) is 16.9 Å². The first-order chi connectivity index (χ1) is 7.09. The number of nitrogens with two attached hydrogens (primary N) is 1. The lowest BCUT2D eigenvalue weighted by molar-refractivity contribution is 0.775. The van der Waals surface area contributed by atoms with Crippen LogP contribution in [0.1, 0.15) is 11.4 Å². The fraction of sp³-hybridized carbons (Fsp3) is 0.222. The summed E-state index contributed by atoms with van der Waals surface area (Å²) in [5.74, 6) is 0.921. The number of halogens is 1. The van der Waals surface area contributed by atoms with Gasteiger partial charge < -0.3 is 5.73 Å². The van der Waals surface area contributed by atoms with Crippen LogP contribution in [0.4, 0.5) is 5.82 Å². The van der Waals surface area contributed by atoms with Crippen LogP contribution in [-0.4, -0.2) is 19.7 Å². The van der Waals surface area contributed by atoms with Crippen LogP contribution in [0.2, 0.25) is 0 Å². The number of aromatic nitrogens is 4. The Balaban J connectivity index is 2.59. The molecule has 2 aromatic rings. The molecule has 0 saturated carbocycles. The third kappa shape index (κ3) is 1.72. The molecule has 0 radical (unpaired) electrons. The van der Waals surface area contributed by atoms with E-state index in [0.717, 1.165) is 15.9 Å². The Morgan fingerprint density at radius 1 is 1.40 bits per heavy atom. The maximum atomic E-state index is 5.59. The first kappa shape index (κ1) is 10.1. The van der Waals surface area contributed by atoms with Crippen LogP contribution in [0.3, 0.4) is 0 Å². The zero-order valence-corrected chi connectivity index (χ0v) is 9.98. The smallest absolute Gasteiger partial charge is 0.252 e. The van der Waals surface area contributed by atoms with Gasteiger partial charge in [-0.05, 0) is 35.8 Å². The molecular formula is C9H10BrN5. The summed E-state index contributed by atoms with van der Waals surface area (Å²) in [6.07, 6.45) is 1.61. The highest BCUT2D eigenvalue weighted by molar-refractivity contribution is 9.10. The zero-order valence-electron chi connectivity index (χ0n) is 8.40. The van der Waals surface area contributed by atoms with Crippen LogP contribution >= 0.6 is 15.9 Å². The van der Waals surface area contributed by atoms with E-state index >= 15 is 0 Å². The Morgan fingerprint density at radius 2 is 2.13 bits per heavy atom. The molecule has 0 aliphatic rings. The van der Waals surface area contributed by atoms with Crippen molar-refractivity contribution in [2.24, 2.45) is 0 Å². The molecule has 0 unspecified atom stereocenters. The van der Waals surface area contributed by atoms with Gasteiger partial charge in [-0.2, -0.15) is 10.1 Å². The third-order valence-corrected chi connectivity index (χ3v) is 3.20. The highest BCUT2D eigenvalue weighted by Crippen LogP contribution is 2.21. The zero-order chi connectivity index (χ0) is 11.0. The lowest BCUT2D eigenvalue weighted by atomic mass is 10.4. The first-order valence-corrected chi connectivity index (χ1v) is 5.19. The molecule has 2 rings (SSSR count). The number of nitrogen functional groups attached to an aromatic ring is 1. The number of anilines is 1. The van der Waals surface area contributed by atoms with Crippen molar-refractivity contribution in [2.75, 3.05) is 5.73 Å². The maximum absolute atomic E-state index is 5.59. The predicted octanol–water partition coefficient (Wildman–Crippen LogP) is 1.62. The molecular weight excluding hydrogens is 258 g/mol. The largest absolute Gasteiger partial charge is 0.384 e. The van der Waals surface area contributed by atoms with E-state index in [0.29, 0.717) is 11.8 Å². The van der Waals surface area contributed by atoms with Crippen LogP contribution < -0.4 is 5.73 Å². The number of hydrogen-bond acceptors (Lipinski definition) is 4. The second-order valence-electron chi connectivity index (χ2n) is 3.18. The van der Waals surface area contributed by atoms with Crippen molar-refractivity contribution in [3.8, 4) is 5.95 Å². The van der Waals surface area contributed by atoms with E-state index in [-0.39, 0.29) is 0 Å². The summed E-state index contributed by atoms with van der Waals surface area (Å²) in [4.78, 5) is 8.22. The maximum Gasteiger partial charge on any atom is 0.252 e. The van der Waals surface area contributed by atoms with Gasteiger partial charge in [0.25, 0.3) is 5.95 Å². The van der Waals surface area contributed by atoms with Crippen molar-refractivity contribution in [1.82, 2.24) is 19.7 Å². The van der Waals surface area contributed by atoms with Gasteiger partial charge in [-0.3, -0.25) is 0 Å². The second kappa shape index (κ2) is 3.62. The van der Waals surface area contributed by atoms with Gasteiger partial charge >= 0.3 is 0 Å². The summed E-state index contributed by atoms with van der Waals surface area (Å²) in [5, 5.41) is 4.31. The van der Waals surface area contributed by atoms with E-state index in [9.17, 15) is 0 Å². The van der Waals surface area contributed by atoms with Gasteiger partial charge in [0.2, 0.25) is 0 Å². The second-order valence-corrected chi connectivity index (χ2v) is 3.97. The minimum atomic E-state index is 0.434.